The molecule has 3 heterocycles. The van der Waals surface area contributed by atoms with Gasteiger partial charge in [-0.25, -0.2) is 4.98 Å². The van der Waals surface area contributed by atoms with Crippen molar-refractivity contribution in [2.75, 3.05) is 36.5 Å². The lowest BCUT2D eigenvalue weighted by Crippen LogP contribution is -2.40. The van der Waals surface area contributed by atoms with Crippen LogP contribution >= 0.6 is 0 Å². The summed E-state index contributed by atoms with van der Waals surface area (Å²) in [5.41, 5.74) is 2.55. The molecule has 0 bridgehead atoms. The van der Waals surface area contributed by atoms with Crippen molar-refractivity contribution in [3.63, 3.8) is 0 Å². The summed E-state index contributed by atoms with van der Waals surface area (Å²) in [4.78, 5) is 19.0. The molecule has 1 unspecified atom stereocenters. The molecule has 1 aliphatic heterocycles. The molecule has 0 radical (unpaired) electrons. The zero-order valence-electron chi connectivity index (χ0n) is 19.6. The Balaban J connectivity index is 1.69. The molecular weight excluding hydrogens is 402 g/mol. The molecule has 1 atom stereocenters. The number of nitrogens with one attached hydrogen (secondary N) is 1. The van der Waals surface area contributed by atoms with Crippen LogP contribution in [0.2, 0.25) is 0 Å². The van der Waals surface area contributed by atoms with Crippen molar-refractivity contribution in [2.45, 2.75) is 58.7 Å². The molecule has 1 saturated heterocycles. The van der Waals surface area contributed by atoms with E-state index in [2.05, 4.69) is 47.8 Å². The summed E-state index contributed by atoms with van der Waals surface area (Å²) in [5.74, 6) is 1.40. The van der Waals surface area contributed by atoms with Crippen molar-refractivity contribution < 1.29 is 5.11 Å². The molecule has 4 rings (SSSR count). The average molecular weight is 438 g/mol. The highest BCUT2D eigenvalue weighted by Gasteiger charge is 2.28. The van der Waals surface area contributed by atoms with Gasteiger partial charge in [0, 0.05) is 37.4 Å². The molecule has 1 fully saturated rings. The van der Waals surface area contributed by atoms with Gasteiger partial charge in [0.25, 0.3) is 0 Å². The number of aliphatic hydroxyl groups is 1. The highest BCUT2D eigenvalue weighted by atomic mass is 16.3. The Hall–Kier alpha value is -2.71. The molecule has 3 aromatic rings. The Bertz CT molecular complexity index is 1010. The van der Waals surface area contributed by atoms with Gasteiger partial charge in [0.2, 0.25) is 5.95 Å². The number of benzene rings is 1. The fourth-order valence-corrected chi connectivity index (χ4v) is 4.62. The molecule has 0 spiro atoms. The van der Waals surface area contributed by atoms with E-state index in [1.165, 1.54) is 0 Å². The topological polar surface area (TPSA) is 82.3 Å². The number of rotatable bonds is 9. The Labute approximate surface area is 190 Å². The van der Waals surface area contributed by atoms with Gasteiger partial charge >= 0.3 is 0 Å². The first kappa shape index (κ1) is 22.5. The SMILES string of the molecule is CC(C)N(CCNc1nc(N2CCCC2CO)nc2c1ncn2-c1ccccc1)C(C)C. The first-order chi connectivity index (χ1) is 15.5. The predicted octanol–water partition coefficient (Wildman–Crippen LogP) is 3.31. The van der Waals surface area contributed by atoms with E-state index in [-0.39, 0.29) is 12.6 Å². The number of nitrogens with zero attached hydrogens (tertiary/aromatic N) is 6. The largest absolute Gasteiger partial charge is 0.394 e. The van der Waals surface area contributed by atoms with Gasteiger partial charge in [0.15, 0.2) is 17.0 Å². The van der Waals surface area contributed by atoms with Crippen LogP contribution in [0.25, 0.3) is 16.9 Å². The highest BCUT2D eigenvalue weighted by Crippen LogP contribution is 2.28. The Morgan fingerprint density at radius 3 is 2.56 bits per heavy atom. The average Bonchev–Trinajstić information content (AvgIpc) is 3.43. The minimum absolute atomic E-state index is 0.0609. The van der Waals surface area contributed by atoms with E-state index in [1.807, 2.05) is 41.2 Å². The monoisotopic (exact) mass is 437 g/mol. The van der Waals surface area contributed by atoms with Crippen molar-refractivity contribution in [1.82, 2.24) is 24.4 Å². The second kappa shape index (κ2) is 9.83. The lowest BCUT2D eigenvalue weighted by molar-refractivity contribution is 0.182. The van der Waals surface area contributed by atoms with Crippen LogP contribution in [0.3, 0.4) is 0 Å². The van der Waals surface area contributed by atoms with Crippen molar-refractivity contribution in [3.8, 4) is 5.69 Å². The zero-order chi connectivity index (χ0) is 22.7. The van der Waals surface area contributed by atoms with E-state index >= 15 is 0 Å². The Kier molecular flexibility index (Phi) is 6.91. The van der Waals surface area contributed by atoms with Gasteiger partial charge in [0.1, 0.15) is 6.33 Å². The third kappa shape index (κ3) is 4.56. The number of para-hydroxylation sites is 1. The molecule has 0 aliphatic carbocycles. The summed E-state index contributed by atoms with van der Waals surface area (Å²) < 4.78 is 2.00. The van der Waals surface area contributed by atoms with Crippen molar-refractivity contribution in [2.24, 2.45) is 0 Å². The fourth-order valence-electron chi connectivity index (χ4n) is 4.62. The van der Waals surface area contributed by atoms with Crippen LogP contribution in [-0.4, -0.2) is 73.9 Å². The van der Waals surface area contributed by atoms with E-state index in [0.29, 0.717) is 18.0 Å². The molecule has 2 aromatic heterocycles. The van der Waals surface area contributed by atoms with Crippen molar-refractivity contribution >= 4 is 22.9 Å². The van der Waals surface area contributed by atoms with Gasteiger partial charge in [-0.3, -0.25) is 9.47 Å². The highest BCUT2D eigenvalue weighted by molar-refractivity contribution is 5.85. The summed E-state index contributed by atoms with van der Waals surface area (Å²) in [6.07, 6.45) is 3.80. The number of hydrogen-bond acceptors (Lipinski definition) is 7. The summed E-state index contributed by atoms with van der Waals surface area (Å²) >= 11 is 0. The Morgan fingerprint density at radius 1 is 1.12 bits per heavy atom. The molecule has 2 N–H and O–H groups in total. The van der Waals surface area contributed by atoms with Gasteiger partial charge in [-0.15, -0.1) is 0 Å². The minimum Gasteiger partial charge on any atom is -0.394 e. The Morgan fingerprint density at radius 2 is 1.88 bits per heavy atom. The molecule has 8 nitrogen and oxygen atoms in total. The lowest BCUT2D eigenvalue weighted by atomic mass is 10.2. The van der Waals surface area contributed by atoms with Crippen molar-refractivity contribution in [3.05, 3.63) is 36.7 Å². The van der Waals surface area contributed by atoms with Gasteiger partial charge in [-0.2, -0.15) is 9.97 Å². The van der Waals surface area contributed by atoms with Crippen molar-refractivity contribution in [1.29, 1.82) is 0 Å². The number of fused-ring (bicyclic) bond motifs is 1. The van der Waals surface area contributed by atoms with Crippen LogP contribution in [0.1, 0.15) is 40.5 Å². The number of imidazole rings is 1. The maximum Gasteiger partial charge on any atom is 0.229 e. The first-order valence-corrected chi connectivity index (χ1v) is 11.7. The van der Waals surface area contributed by atoms with Gasteiger partial charge in [-0.05, 0) is 52.7 Å². The van der Waals surface area contributed by atoms with Gasteiger partial charge in [-0.1, -0.05) is 18.2 Å². The second-order valence-electron chi connectivity index (χ2n) is 9.02. The molecule has 172 valence electrons. The molecule has 0 amide bonds. The molecule has 8 heteroatoms. The maximum atomic E-state index is 9.84. The molecule has 1 aliphatic rings. The van der Waals surface area contributed by atoms with E-state index < -0.39 is 0 Å². The summed E-state index contributed by atoms with van der Waals surface area (Å²) in [6.45, 7) is 11.6. The van der Waals surface area contributed by atoms with E-state index in [4.69, 9.17) is 9.97 Å². The van der Waals surface area contributed by atoms with E-state index in [9.17, 15) is 5.11 Å². The predicted molar refractivity (Wildman–Crippen MR) is 130 cm³/mol. The zero-order valence-corrected chi connectivity index (χ0v) is 19.6. The van der Waals surface area contributed by atoms with Crippen LogP contribution in [-0.2, 0) is 0 Å². The van der Waals surface area contributed by atoms with E-state index in [0.717, 1.165) is 55.1 Å². The molecule has 0 saturated carbocycles. The third-order valence-corrected chi connectivity index (χ3v) is 6.25. The first-order valence-electron chi connectivity index (χ1n) is 11.7. The standard InChI is InChI=1S/C24H35N7O/c1-17(2)29(18(3)4)14-12-25-22-21-23(31(16-26-21)19-9-6-5-7-10-19)28-24(27-22)30-13-8-11-20(30)15-32/h5-7,9-10,16-18,20,32H,8,11-15H2,1-4H3,(H,25,27,28). The molecule has 32 heavy (non-hydrogen) atoms. The van der Waals surface area contributed by atoms with Crippen LogP contribution < -0.4 is 10.2 Å². The van der Waals surface area contributed by atoms with Gasteiger partial charge < -0.3 is 15.3 Å². The summed E-state index contributed by atoms with van der Waals surface area (Å²) in [5, 5.41) is 13.4. The quantitative estimate of drug-likeness (QED) is 0.531. The smallest absolute Gasteiger partial charge is 0.229 e. The summed E-state index contributed by atoms with van der Waals surface area (Å²) in [7, 11) is 0. The molecule has 1 aromatic carbocycles. The number of aliphatic hydroxyl groups excluding tert-OH is 1. The van der Waals surface area contributed by atoms with Crippen LogP contribution in [0, 0.1) is 0 Å². The van der Waals surface area contributed by atoms with Crippen LogP contribution in [0.15, 0.2) is 36.7 Å². The normalized spacial score (nSPS) is 16.8. The number of aromatic nitrogens is 4. The van der Waals surface area contributed by atoms with E-state index in [1.54, 1.807) is 0 Å². The van der Waals surface area contributed by atoms with Crippen LogP contribution in [0.5, 0.6) is 0 Å². The lowest BCUT2D eigenvalue weighted by Gasteiger charge is -2.30. The fraction of sp³-hybridized carbons (Fsp3) is 0.542. The maximum absolute atomic E-state index is 9.84. The third-order valence-electron chi connectivity index (χ3n) is 6.25. The number of hydrogen-bond donors (Lipinski definition) is 2. The minimum atomic E-state index is 0.0609. The number of anilines is 2. The molecular formula is C24H35N7O. The second-order valence-corrected chi connectivity index (χ2v) is 9.02. The van der Waals surface area contributed by atoms with Gasteiger partial charge in [0.05, 0.1) is 12.6 Å². The summed E-state index contributed by atoms with van der Waals surface area (Å²) in [6, 6.07) is 11.1. The van der Waals surface area contributed by atoms with Crippen LogP contribution in [0.4, 0.5) is 11.8 Å².